The maximum absolute atomic E-state index is 5.39. The molecule has 2 N–H and O–H groups in total. The van der Waals surface area contributed by atoms with Crippen LogP contribution in [0, 0.1) is 5.92 Å². The summed E-state index contributed by atoms with van der Waals surface area (Å²) >= 11 is 0. The van der Waals surface area contributed by atoms with E-state index in [1.54, 1.807) is 0 Å². The Morgan fingerprint density at radius 3 is 2.23 bits per heavy atom. The van der Waals surface area contributed by atoms with Gasteiger partial charge in [-0.2, -0.15) is 0 Å². The smallest absolute Gasteiger partial charge is 0.0591 e. The number of nitrogens with one attached hydrogen (secondary N) is 2. The maximum Gasteiger partial charge on any atom is 0.0591 e. The lowest BCUT2D eigenvalue weighted by Crippen LogP contribution is -2.25. The van der Waals surface area contributed by atoms with Crippen molar-refractivity contribution in [1.29, 1.82) is 0 Å². The topological polar surface area (TPSA) is 33.3 Å². The second-order valence-electron chi connectivity index (χ2n) is 3.56. The van der Waals surface area contributed by atoms with Crippen molar-refractivity contribution < 1.29 is 4.74 Å². The lowest BCUT2D eigenvalue weighted by atomic mass is 10.2. The molecule has 80 valence electrons. The van der Waals surface area contributed by atoms with Gasteiger partial charge in [0.05, 0.1) is 13.2 Å². The van der Waals surface area contributed by atoms with Crippen LogP contribution >= 0.6 is 0 Å². The highest BCUT2D eigenvalue weighted by Crippen LogP contribution is 1.85. The highest BCUT2D eigenvalue weighted by atomic mass is 16.5. The molecule has 0 heterocycles. The van der Waals surface area contributed by atoms with E-state index in [0.29, 0.717) is 0 Å². The van der Waals surface area contributed by atoms with Gasteiger partial charge in [-0.15, -0.1) is 0 Å². The number of hydrogen-bond acceptors (Lipinski definition) is 3. The number of ether oxygens (including phenoxy) is 1. The van der Waals surface area contributed by atoms with Gasteiger partial charge >= 0.3 is 0 Å². The van der Waals surface area contributed by atoms with E-state index in [4.69, 9.17) is 4.74 Å². The van der Waals surface area contributed by atoms with Crippen LogP contribution in [0.15, 0.2) is 0 Å². The van der Waals surface area contributed by atoms with E-state index in [1.165, 1.54) is 0 Å². The summed E-state index contributed by atoms with van der Waals surface area (Å²) in [6.45, 7) is 12.2. The molecule has 0 aliphatic carbocycles. The van der Waals surface area contributed by atoms with E-state index in [9.17, 15) is 0 Å². The van der Waals surface area contributed by atoms with Gasteiger partial charge in [-0.05, 0) is 19.0 Å². The fourth-order valence-electron chi connectivity index (χ4n) is 0.958. The van der Waals surface area contributed by atoms with Gasteiger partial charge in [0.15, 0.2) is 0 Å². The highest BCUT2D eigenvalue weighted by Gasteiger charge is 1.92. The van der Waals surface area contributed by atoms with Gasteiger partial charge in [-0.1, -0.05) is 20.8 Å². The quantitative estimate of drug-likeness (QED) is 0.527. The Bertz CT molecular complexity index is 96.9. The Morgan fingerprint density at radius 1 is 1.08 bits per heavy atom. The first kappa shape index (κ1) is 12.9. The molecule has 13 heavy (non-hydrogen) atoms. The summed E-state index contributed by atoms with van der Waals surface area (Å²) in [6, 6.07) is 0. The molecule has 0 aliphatic rings. The molecule has 0 rings (SSSR count). The van der Waals surface area contributed by atoms with Crippen molar-refractivity contribution >= 4 is 0 Å². The van der Waals surface area contributed by atoms with Gasteiger partial charge in [0.25, 0.3) is 0 Å². The second-order valence-corrected chi connectivity index (χ2v) is 3.56. The minimum absolute atomic E-state index is 0.724. The van der Waals surface area contributed by atoms with Crippen LogP contribution in [0.1, 0.15) is 20.8 Å². The van der Waals surface area contributed by atoms with Gasteiger partial charge in [-0.3, -0.25) is 0 Å². The van der Waals surface area contributed by atoms with Gasteiger partial charge in [0.1, 0.15) is 0 Å². The summed E-state index contributed by atoms with van der Waals surface area (Å²) in [6.07, 6.45) is 0. The lowest BCUT2D eigenvalue weighted by Gasteiger charge is -2.07. The third-order valence-corrected chi connectivity index (χ3v) is 1.65. The minimum Gasteiger partial charge on any atom is -0.379 e. The Labute approximate surface area is 82.2 Å². The Morgan fingerprint density at radius 2 is 1.69 bits per heavy atom. The summed E-state index contributed by atoms with van der Waals surface area (Å²) in [7, 11) is 0. The zero-order chi connectivity index (χ0) is 9.94. The van der Waals surface area contributed by atoms with Gasteiger partial charge in [0.2, 0.25) is 0 Å². The van der Waals surface area contributed by atoms with Crippen LogP contribution in [0.4, 0.5) is 0 Å². The monoisotopic (exact) mass is 188 g/mol. The SMILES string of the molecule is CCNCCOCCNCC(C)C. The molecule has 0 radical (unpaired) electrons. The van der Waals surface area contributed by atoms with Gasteiger partial charge in [0, 0.05) is 13.1 Å². The molecule has 3 heteroatoms. The summed E-state index contributed by atoms with van der Waals surface area (Å²) in [5.74, 6) is 0.724. The molecule has 0 aromatic rings. The first-order chi connectivity index (χ1) is 6.27. The lowest BCUT2D eigenvalue weighted by molar-refractivity contribution is 0.137. The van der Waals surface area contributed by atoms with Crippen molar-refractivity contribution in [1.82, 2.24) is 10.6 Å². The Balaban J connectivity index is 2.84. The van der Waals surface area contributed by atoms with Crippen LogP contribution in [-0.4, -0.2) is 39.4 Å². The summed E-state index contributed by atoms with van der Waals surface area (Å²) in [5, 5.41) is 6.54. The normalized spacial score (nSPS) is 11.1. The van der Waals surface area contributed by atoms with Crippen LogP contribution in [0.5, 0.6) is 0 Å². The fraction of sp³-hybridized carbons (Fsp3) is 1.00. The summed E-state index contributed by atoms with van der Waals surface area (Å²) in [5.41, 5.74) is 0. The molecule has 0 atom stereocenters. The molecular formula is C10H24N2O. The van der Waals surface area contributed by atoms with Gasteiger partial charge in [-0.25, -0.2) is 0 Å². The fourth-order valence-corrected chi connectivity index (χ4v) is 0.958. The van der Waals surface area contributed by atoms with Gasteiger partial charge < -0.3 is 15.4 Å². The Hall–Kier alpha value is -0.120. The maximum atomic E-state index is 5.39. The zero-order valence-electron chi connectivity index (χ0n) is 9.23. The Kier molecular flexibility index (Phi) is 9.87. The molecule has 0 fully saturated rings. The van der Waals surface area contributed by atoms with Crippen molar-refractivity contribution in [3.05, 3.63) is 0 Å². The van der Waals surface area contributed by atoms with E-state index in [1.807, 2.05) is 0 Å². The molecule has 3 nitrogen and oxygen atoms in total. The van der Waals surface area contributed by atoms with E-state index in [2.05, 4.69) is 31.4 Å². The van der Waals surface area contributed by atoms with E-state index in [-0.39, 0.29) is 0 Å². The molecule has 0 spiro atoms. The number of hydrogen-bond donors (Lipinski definition) is 2. The van der Waals surface area contributed by atoms with Crippen molar-refractivity contribution in [2.75, 3.05) is 39.4 Å². The first-order valence-corrected chi connectivity index (χ1v) is 5.26. The standard InChI is InChI=1S/C10H24N2O/c1-4-11-5-7-13-8-6-12-9-10(2)3/h10-12H,4-9H2,1-3H3. The van der Waals surface area contributed by atoms with Crippen molar-refractivity contribution in [3.8, 4) is 0 Å². The molecule has 0 bridgehead atoms. The molecule has 0 aromatic carbocycles. The molecule has 0 saturated heterocycles. The first-order valence-electron chi connectivity index (χ1n) is 5.26. The average molecular weight is 188 g/mol. The van der Waals surface area contributed by atoms with Crippen LogP contribution in [0.2, 0.25) is 0 Å². The molecule has 0 saturated carbocycles. The number of rotatable bonds is 9. The predicted molar refractivity (Wildman–Crippen MR) is 57.1 cm³/mol. The van der Waals surface area contributed by atoms with E-state index >= 15 is 0 Å². The third-order valence-electron chi connectivity index (χ3n) is 1.65. The molecule has 0 amide bonds. The predicted octanol–water partition coefficient (Wildman–Crippen LogP) is 0.858. The van der Waals surface area contributed by atoms with E-state index < -0.39 is 0 Å². The van der Waals surface area contributed by atoms with Crippen molar-refractivity contribution in [2.24, 2.45) is 5.92 Å². The minimum atomic E-state index is 0.724. The average Bonchev–Trinajstić information content (AvgIpc) is 2.09. The summed E-state index contributed by atoms with van der Waals surface area (Å²) < 4.78 is 5.39. The largest absolute Gasteiger partial charge is 0.379 e. The third kappa shape index (κ3) is 11.9. The van der Waals surface area contributed by atoms with Crippen molar-refractivity contribution in [3.63, 3.8) is 0 Å². The second kappa shape index (κ2) is 9.96. The van der Waals surface area contributed by atoms with E-state index in [0.717, 1.165) is 45.3 Å². The highest BCUT2D eigenvalue weighted by molar-refractivity contribution is 4.50. The summed E-state index contributed by atoms with van der Waals surface area (Å²) in [4.78, 5) is 0. The zero-order valence-corrected chi connectivity index (χ0v) is 9.23. The number of likely N-dealkylation sites (N-methyl/N-ethyl adjacent to an activating group) is 1. The van der Waals surface area contributed by atoms with Crippen LogP contribution in [0.3, 0.4) is 0 Å². The van der Waals surface area contributed by atoms with Crippen LogP contribution < -0.4 is 10.6 Å². The molecule has 0 unspecified atom stereocenters. The molecular weight excluding hydrogens is 164 g/mol. The van der Waals surface area contributed by atoms with Crippen molar-refractivity contribution in [2.45, 2.75) is 20.8 Å². The van der Waals surface area contributed by atoms with Crippen LogP contribution in [-0.2, 0) is 4.74 Å². The molecule has 0 aliphatic heterocycles. The molecule has 0 aromatic heterocycles. The van der Waals surface area contributed by atoms with Crippen LogP contribution in [0.25, 0.3) is 0 Å².